The number of nitrogens with zero attached hydrogens (tertiary/aromatic N) is 5. The second-order valence-electron chi connectivity index (χ2n) is 11.9. The molecule has 4 N–H and O–H groups in total. The molecule has 2 bridgehead atoms. The van der Waals surface area contributed by atoms with E-state index in [0.29, 0.717) is 29.2 Å². The maximum atomic E-state index is 15.4. The number of piperazine rings is 1. The number of fused-ring (bicyclic) bond motifs is 3. The molecule has 216 valence electrons. The van der Waals surface area contributed by atoms with Gasteiger partial charge in [-0.3, -0.25) is 9.69 Å². The first-order valence-electron chi connectivity index (χ1n) is 14.7. The summed E-state index contributed by atoms with van der Waals surface area (Å²) < 4.78 is 16.3. The largest absolute Gasteiger partial charge is 0.369 e. The summed E-state index contributed by atoms with van der Waals surface area (Å²) in [6.45, 7) is 6.21. The molecule has 0 spiro atoms. The number of hydrogen-bond donors (Lipinski definition) is 3. The quantitative estimate of drug-likeness (QED) is 0.365. The van der Waals surface area contributed by atoms with Gasteiger partial charge in [0, 0.05) is 57.0 Å². The number of hydrogen-bond acceptors (Lipinski definition) is 9. The summed E-state index contributed by atoms with van der Waals surface area (Å²) in [6.07, 6.45) is 7.33. The SMILES string of the molecule is CN1CCN(C2CCN(c3ccc(Nc4nc(NC5C6C=CC(C6)C5C(N)=O)c5sccc5n4)cc3F)CC2)CC1. The Hall–Kier alpha value is -3.28. The zero-order valence-electron chi connectivity index (χ0n) is 23.3. The number of likely N-dealkylation sites (N-methyl/N-ethyl adjacent to an activating group) is 1. The van der Waals surface area contributed by atoms with Gasteiger partial charge >= 0.3 is 0 Å². The molecular formula is C30H37FN8OS. The molecular weight excluding hydrogens is 539 g/mol. The van der Waals surface area contributed by atoms with Crippen molar-refractivity contribution in [3.8, 4) is 0 Å². The molecule has 4 heterocycles. The van der Waals surface area contributed by atoms with Gasteiger partial charge in [-0.15, -0.1) is 11.3 Å². The van der Waals surface area contributed by atoms with Crippen molar-refractivity contribution in [3.63, 3.8) is 0 Å². The smallest absolute Gasteiger partial charge is 0.229 e. The average molecular weight is 577 g/mol. The van der Waals surface area contributed by atoms with Crippen LogP contribution in [0.3, 0.4) is 0 Å². The molecule has 2 aliphatic heterocycles. The van der Waals surface area contributed by atoms with E-state index in [-0.39, 0.29) is 35.5 Å². The van der Waals surface area contributed by atoms with E-state index in [1.165, 1.54) is 6.07 Å². The number of thiophene rings is 1. The summed E-state index contributed by atoms with van der Waals surface area (Å²) in [5.41, 5.74) is 7.82. The first kappa shape index (κ1) is 26.6. The summed E-state index contributed by atoms with van der Waals surface area (Å²) in [7, 11) is 2.18. The van der Waals surface area contributed by atoms with Gasteiger partial charge in [-0.2, -0.15) is 4.98 Å². The molecule has 0 radical (unpaired) electrons. The predicted molar refractivity (Wildman–Crippen MR) is 162 cm³/mol. The topological polar surface area (TPSA) is 103 Å². The summed E-state index contributed by atoms with van der Waals surface area (Å²) in [6, 6.07) is 7.70. The maximum absolute atomic E-state index is 15.4. The lowest BCUT2D eigenvalue weighted by atomic mass is 9.88. The van der Waals surface area contributed by atoms with Crippen molar-refractivity contribution in [3.05, 3.63) is 47.6 Å². The minimum Gasteiger partial charge on any atom is -0.369 e. The lowest BCUT2D eigenvalue weighted by Gasteiger charge is -2.42. The van der Waals surface area contributed by atoms with E-state index >= 15 is 4.39 Å². The van der Waals surface area contributed by atoms with E-state index in [4.69, 9.17) is 10.7 Å². The number of carbonyl (C=O) groups excluding carboxylic acids is 1. The predicted octanol–water partition coefficient (Wildman–Crippen LogP) is 3.88. The molecule has 3 aromatic rings. The van der Waals surface area contributed by atoms with Crippen molar-refractivity contribution in [1.29, 1.82) is 0 Å². The first-order chi connectivity index (χ1) is 19.9. The maximum Gasteiger partial charge on any atom is 0.229 e. The van der Waals surface area contributed by atoms with Crippen LogP contribution in [0, 0.1) is 23.6 Å². The Morgan fingerprint density at radius 1 is 1.05 bits per heavy atom. The molecule has 1 aromatic carbocycles. The number of carbonyl (C=O) groups is 1. The number of primary amides is 1. The zero-order chi connectivity index (χ0) is 28.1. The highest BCUT2D eigenvalue weighted by atomic mass is 32.1. The van der Waals surface area contributed by atoms with Gasteiger partial charge in [0.05, 0.1) is 21.8 Å². The van der Waals surface area contributed by atoms with Crippen LogP contribution >= 0.6 is 11.3 Å². The van der Waals surface area contributed by atoms with Crippen molar-refractivity contribution in [2.45, 2.75) is 31.3 Å². The fraction of sp³-hybridized carbons (Fsp3) is 0.500. The highest BCUT2D eigenvalue weighted by Crippen LogP contribution is 2.45. The van der Waals surface area contributed by atoms with Crippen molar-refractivity contribution >= 4 is 50.6 Å². The van der Waals surface area contributed by atoms with Crippen LogP contribution in [-0.4, -0.2) is 84.1 Å². The summed E-state index contributed by atoms with van der Waals surface area (Å²) >= 11 is 1.55. The van der Waals surface area contributed by atoms with Crippen LogP contribution in [0.25, 0.3) is 10.2 Å². The fourth-order valence-electron chi connectivity index (χ4n) is 7.21. The number of aromatic nitrogens is 2. The monoisotopic (exact) mass is 576 g/mol. The minimum absolute atomic E-state index is 0.104. The number of anilines is 4. The molecule has 1 amide bonds. The molecule has 2 saturated heterocycles. The number of nitrogens with two attached hydrogens (primary N) is 1. The van der Waals surface area contributed by atoms with Gasteiger partial charge < -0.3 is 26.2 Å². The van der Waals surface area contributed by atoms with E-state index < -0.39 is 0 Å². The van der Waals surface area contributed by atoms with Crippen LogP contribution in [0.4, 0.5) is 27.5 Å². The van der Waals surface area contributed by atoms with Crippen molar-refractivity contribution in [2.24, 2.45) is 23.5 Å². The van der Waals surface area contributed by atoms with E-state index in [1.54, 1.807) is 11.3 Å². The third-order valence-electron chi connectivity index (χ3n) is 9.46. The van der Waals surface area contributed by atoms with E-state index in [0.717, 1.165) is 68.7 Å². The summed E-state index contributed by atoms with van der Waals surface area (Å²) in [4.78, 5) is 28.8. The lowest BCUT2D eigenvalue weighted by Crippen LogP contribution is -2.52. The second kappa shape index (κ2) is 10.8. The van der Waals surface area contributed by atoms with Gasteiger partial charge in [0.15, 0.2) is 0 Å². The van der Waals surface area contributed by atoms with Crippen LogP contribution < -0.4 is 21.3 Å². The molecule has 7 rings (SSSR count). The van der Waals surface area contributed by atoms with Gasteiger partial charge in [-0.25, -0.2) is 9.37 Å². The number of amides is 1. The van der Waals surface area contributed by atoms with Crippen LogP contribution in [-0.2, 0) is 4.79 Å². The Bertz CT molecular complexity index is 1460. The van der Waals surface area contributed by atoms with Crippen LogP contribution in [0.5, 0.6) is 0 Å². The Balaban J connectivity index is 1.05. The molecule has 9 nitrogen and oxygen atoms in total. The molecule has 2 aromatic heterocycles. The number of rotatable bonds is 7. The van der Waals surface area contributed by atoms with E-state index in [1.807, 2.05) is 23.6 Å². The van der Waals surface area contributed by atoms with Gasteiger partial charge in [-0.05, 0) is 67.8 Å². The third kappa shape index (κ3) is 5.15. The molecule has 1 saturated carbocycles. The van der Waals surface area contributed by atoms with E-state index in [9.17, 15) is 4.79 Å². The molecule has 3 fully saturated rings. The Morgan fingerprint density at radius 2 is 1.83 bits per heavy atom. The van der Waals surface area contributed by atoms with Gasteiger partial charge in [0.2, 0.25) is 11.9 Å². The average Bonchev–Trinajstić information content (AvgIpc) is 3.71. The van der Waals surface area contributed by atoms with Crippen LogP contribution in [0.2, 0.25) is 0 Å². The minimum atomic E-state index is -0.284. The van der Waals surface area contributed by atoms with Crippen molar-refractivity contribution < 1.29 is 9.18 Å². The second-order valence-corrected chi connectivity index (χ2v) is 12.8. The van der Waals surface area contributed by atoms with Crippen molar-refractivity contribution in [1.82, 2.24) is 19.8 Å². The Labute approximate surface area is 243 Å². The highest BCUT2D eigenvalue weighted by molar-refractivity contribution is 7.17. The molecule has 41 heavy (non-hydrogen) atoms. The van der Waals surface area contributed by atoms with Gasteiger partial charge in [0.25, 0.3) is 0 Å². The highest BCUT2D eigenvalue weighted by Gasteiger charge is 2.47. The number of halogens is 1. The normalized spacial score (nSPS) is 27.1. The lowest BCUT2D eigenvalue weighted by molar-refractivity contribution is -0.122. The van der Waals surface area contributed by atoms with Crippen LogP contribution in [0.15, 0.2) is 41.8 Å². The summed E-state index contributed by atoms with van der Waals surface area (Å²) in [5.74, 6) is 0.673. The molecule has 2 aliphatic carbocycles. The Morgan fingerprint density at radius 3 is 2.59 bits per heavy atom. The molecule has 4 aliphatic rings. The molecule has 11 heteroatoms. The summed E-state index contributed by atoms with van der Waals surface area (Å²) in [5, 5.41) is 8.72. The molecule has 4 unspecified atom stereocenters. The van der Waals surface area contributed by atoms with Gasteiger partial charge in [-0.1, -0.05) is 12.2 Å². The first-order valence-corrected chi connectivity index (χ1v) is 15.5. The Kier molecular flexibility index (Phi) is 7.04. The number of allylic oxidation sites excluding steroid dienone is 1. The van der Waals surface area contributed by atoms with Gasteiger partial charge in [0.1, 0.15) is 11.6 Å². The fourth-order valence-corrected chi connectivity index (χ4v) is 7.99. The number of piperidine rings is 1. The van der Waals surface area contributed by atoms with Crippen LogP contribution in [0.1, 0.15) is 19.3 Å². The van der Waals surface area contributed by atoms with Crippen molar-refractivity contribution in [2.75, 3.05) is 61.8 Å². The number of nitrogens with one attached hydrogen (secondary N) is 2. The van der Waals surface area contributed by atoms with E-state index in [2.05, 4.69) is 49.5 Å². The standard InChI is InChI=1S/C30H37FN8OS/c1-37-11-13-38(14-12-37)21-6-9-39(10-7-21)24-5-4-20(17-22(24)31)33-30-34-23-8-15-41-27(23)29(36-30)35-26-19-3-2-18(16-19)25(26)28(32)40/h2-5,8,15,17-19,21,25-26H,6-7,9-14,16H2,1H3,(H2,32,40)(H2,33,34,35,36). The number of benzene rings is 1. The molecule has 4 atom stereocenters. The zero-order valence-corrected chi connectivity index (χ0v) is 24.1. The third-order valence-corrected chi connectivity index (χ3v) is 10.4.